The minimum atomic E-state index is 0. The van der Waals surface area contributed by atoms with Crippen LogP contribution in [0.2, 0.25) is 0 Å². The van der Waals surface area contributed by atoms with Gasteiger partial charge in [-0.05, 0) is 18.4 Å². The molecular formula is C6H16ClN. The SMILES string of the molecule is CCC(C)(C)CN.Cl. The van der Waals surface area contributed by atoms with Crippen LogP contribution in [0.25, 0.3) is 0 Å². The van der Waals surface area contributed by atoms with Crippen molar-refractivity contribution in [3.8, 4) is 0 Å². The first-order valence-corrected chi connectivity index (χ1v) is 2.82. The lowest BCUT2D eigenvalue weighted by Crippen LogP contribution is -2.21. The fraction of sp³-hybridized carbons (Fsp3) is 1.00. The monoisotopic (exact) mass is 137 g/mol. The molecular weight excluding hydrogens is 122 g/mol. The minimum Gasteiger partial charge on any atom is -0.330 e. The Morgan fingerprint density at radius 2 is 1.75 bits per heavy atom. The van der Waals surface area contributed by atoms with E-state index in [9.17, 15) is 0 Å². The Bertz CT molecular complexity index is 46.5. The van der Waals surface area contributed by atoms with E-state index in [-0.39, 0.29) is 12.4 Å². The maximum absolute atomic E-state index is 5.42. The van der Waals surface area contributed by atoms with Gasteiger partial charge < -0.3 is 5.73 Å². The molecule has 0 aromatic rings. The first kappa shape index (κ1) is 11.1. The average molecular weight is 138 g/mol. The third-order valence-corrected chi connectivity index (χ3v) is 1.51. The van der Waals surface area contributed by atoms with E-state index in [1.807, 2.05) is 0 Å². The second kappa shape index (κ2) is 4.16. The second-order valence-corrected chi connectivity index (χ2v) is 2.72. The van der Waals surface area contributed by atoms with Crippen molar-refractivity contribution >= 4 is 12.4 Å². The Labute approximate surface area is 58.1 Å². The van der Waals surface area contributed by atoms with Gasteiger partial charge >= 0.3 is 0 Å². The first-order valence-electron chi connectivity index (χ1n) is 2.82. The van der Waals surface area contributed by atoms with Crippen LogP contribution >= 0.6 is 12.4 Å². The molecule has 0 saturated carbocycles. The molecule has 2 heteroatoms. The van der Waals surface area contributed by atoms with Crippen molar-refractivity contribution in [2.75, 3.05) is 6.54 Å². The van der Waals surface area contributed by atoms with Gasteiger partial charge in [-0.2, -0.15) is 0 Å². The minimum absolute atomic E-state index is 0. The third kappa shape index (κ3) is 4.41. The highest BCUT2D eigenvalue weighted by Crippen LogP contribution is 2.15. The molecule has 1 nitrogen and oxygen atoms in total. The van der Waals surface area contributed by atoms with Crippen LogP contribution in [-0.2, 0) is 0 Å². The summed E-state index contributed by atoms with van der Waals surface area (Å²) < 4.78 is 0. The molecule has 0 radical (unpaired) electrons. The number of nitrogens with two attached hydrogens (primary N) is 1. The lowest BCUT2D eigenvalue weighted by atomic mass is 9.91. The summed E-state index contributed by atoms with van der Waals surface area (Å²) in [6.45, 7) is 7.30. The summed E-state index contributed by atoms with van der Waals surface area (Å²) in [5, 5.41) is 0. The van der Waals surface area contributed by atoms with E-state index in [0.717, 1.165) is 6.54 Å². The first-order chi connectivity index (χ1) is 3.12. The van der Waals surface area contributed by atoms with Gasteiger partial charge in [-0.15, -0.1) is 12.4 Å². The summed E-state index contributed by atoms with van der Waals surface area (Å²) in [4.78, 5) is 0. The fourth-order valence-corrected chi connectivity index (χ4v) is 0.144. The van der Waals surface area contributed by atoms with Gasteiger partial charge in [0.15, 0.2) is 0 Å². The van der Waals surface area contributed by atoms with Gasteiger partial charge in [-0.25, -0.2) is 0 Å². The van der Waals surface area contributed by atoms with Gasteiger partial charge in [0.05, 0.1) is 0 Å². The van der Waals surface area contributed by atoms with Gasteiger partial charge in [0.25, 0.3) is 0 Å². The Hall–Kier alpha value is 0.250. The molecule has 0 saturated heterocycles. The molecule has 0 atom stereocenters. The molecule has 2 N–H and O–H groups in total. The van der Waals surface area contributed by atoms with Crippen LogP contribution in [0.4, 0.5) is 0 Å². The van der Waals surface area contributed by atoms with E-state index in [4.69, 9.17) is 5.73 Å². The zero-order valence-corrected chi connectivity index (χ0v) is 6.72. The highest BCUT2D eigenvalue weighted by molar-refractivity contribution is 5.85. The normalized spacial score (nSPS) is 10.5. The van der Waals surface area contributed by atoms with Crippen LogP contribution in [0.3, 0.4) is 0 Å². The second-order valence-electron chi connectivity index (χ2n) is 2.72. The molecule has 0 heterocycles. The van der Waals surface area contributed by atoms with E-state index in [1.54, 1.807) is 0 Å². The standard InChI is InChI=1S/C6H15N.ClH/c1-4-6(2,3)5-7;/h4-5,7H2,1-3H3;1H. The van der Waals surface area contributed by atoms with Crippen molar-refractivity contribution in [1.29, 1.82) is 0 Å². The average Bonchev–Trinajstić information content (AvgIpc) is 1.68. The number of hydrogen-bond donors (Lipinski definition) is 1. The number of hydrogen-bond acceptors (Lipinski definition) is 1. The van der Waals surface area contributed by atoms with E-state index in [2.05, 4.69) is 20.8 Å². The Morgan fingerprint density at radius 1 is 1.38 bits per heavy atom. The topological polar surface area (TPSA) is 26.0 Å². The van der Waals surface area contributed by atoms with Gasteiger partial charge in [0.1, 0.15) is 0 Å². The van der Waals surface area contributed by atoms with Crippen molar-refractivity contribution in [3.63, 3.8) is 0 Å². The summed E-state index contributed by atoms with van der Waals surface area (Å²) in [5.74, 6) is 0. The predicted molar refractivity (Wildman–Crippen MR) is 40.4 cm³/mol. The van der Waals surface area contributed by atoms with Crippen molar-refractivity contribution in [2.24, 2.45) is 11.1 Å². The number of rotatable bonds is 2. The molecule has 0 amide bonds. The highest BCUT2D eigenvalue weighted by Gasteiger charge is 2.10. The molecule has 0 unspecified atom stereocenters. The maximum Gasteiger partial charge on any atom is -0.00259 e. The van der Waals surface area contributed by atoms with Gasteiger partial charge in [0.2, 0.25) is 0 Å². The summed E-state index contributed by atoms with van der Waals surface area (Å²) >= 11 is 0. The van der Waals surface area contributed by atoms with Crippen molar-refractivity contribution in [3.05, 3.63) is 0 Å². The molecule has 0 aliphatic heterocycles. The molecule has 0 aromatic heterocycles. The molecule has 0 aromatic carbocycles. The summed E-state index contributed by atoms with van der Waals surface area (Å²) in [6, 6.07) is 0. The van der Waals surface area contributed by atoms with Gasteiger partial charge in [-0.3, -0.25) is 0 Å². The van der Waals surface area contributed by atoms with E-state index >= 15 is 0 Å². The molecule has 0 rings (SSSR count). The quantitative estimate of drug-likeness (QED) is 0.617. The van der Waals surface area contributed by atoms with Gasteiger partial charge in [0, 0.05) is 0 Å². The van der Waals surface area contributed by atoms with Crippen molar-refractivity contribution < 1.29 is 0 Å². The summed E-state index contributed by atoms with van der Waals surface area (Å²) in [6.07, 6.45) is 1.17. The highest BCUT2D eigenvalue weighted by atomic mass is 35.5. The van der Waals surface area contributed by atoms with Crippen LogP contribution in [0.5, 0.6) is 0 Å². The zero-order valence-electron chi connectivity index (χ0n) is 5.90. The predicted octanol–water partition coefficient (Wildman–Crippen LogP) is 1.80. The number of halogens is 1. The zero-order chi connectivity index (χ0) is 5.91. The van der Waals surface area contributed by atoms with Crippen LogP contribution in [0.1, 0.15) is 27.2 Å². The Kier molecular flexibility index (Phi) is 5.77. The molecule has 52 valence electrons. The maximum atomic E-state index is 5.42. The molecule has 0 fully saturated rings. The summed E-state index contributed by atoms with van der Waals surface area (Å²) in [7, 11) is 0. The molecule has 0 aliphatic carbocycles. The van der Waals surface area contributed by atoms with Crippen LogP contribution in [0, 0.1) is 5.41 Å². The van der Waals surface area contributed by atoms with Crippen molar-refractivity contribution in [1.82, 2.24) is 0 Å². The summed E-state index contributed by atoms with van der Waals surface area (Å²) in [5.41, 5.74) is 5.78. The third-order valence-electron chi connectivity index (χ3n) is 1.51. The van der Waals surface area contributed by atoms with E-state index in [0.29, 0.717) is 5.41 Å². The van der Waals surface area contributed by atoms with E-state index in [1.165, 1.54) is 6.42 Å². The van der Waals surface area contributed by atoms with Crippen LogP contribution in [-0.4, -0.2) is 6.54 Å². The molecule has 8 heavy (non-hydrogen) atoms. The van der Waals surface area contributed by atoms with Crippen molar-refractivity contribution in [2.45, 2.75) is 27.2 Å². The lowest BCUT2D eigenvalue weighted by Gasteiger charge is -2.18. The van der Waals surface area contributed by atoms with E-state index < -0.39 is 0 Å². The molecule has 0 spiro atoms. The largest absolute Gasteiger partial charge is 0.330 e. The molecule has 0 bridgehead atoms. The van der Waals surface area contributed by atoms with Crippen LogP contribution < -0.4 is 5.73 Å². The lowest BCUT2D eigenvalue weighted by molar-refractivity contribution is 0.365. The van der Waals surface area contributed by atoms with Gasteiger partial charge in [-0.1, -0.05) is 20.8 Å². The Balaban J connectivity index is 0. The molecule has 0 aliphatic rings. The van der Waals surface area contributed by atoms with Crippen LogP contribution in [0.15, 0.2) is 0 Å². The Morgan fingerprint density at radius 3 is 1.75 bits per heavy atom. The smallest absolute Gasteiger partial charge is 0.00259 e. The fourth-order valence-electron chi connectivity index (χ4n) is 0.144.